The summed E-state index contributed by atoms with van der Waals surface area (Å²) in [5.74, 6) is 1.60. The van der Waals surface area contributed by atoms with Crippen molar-refractivity contribution in [3.05, 3.63) is 411 Å². The number of rotatable bonds is 37. The molecule has 0 aliphatic carbocycles. The first kappa shape index (κ1) is 96.6. The lowest BCUT2D eigenvalue weighted by atomic mass is 9.74. The molecule has 0 N–H and O–H groups in total. The van der Waals surface area contributed by atoms with Crippen molar-refractivity contribution in [2.75, 3.05) is 81.3 Å². The molecule has 0 fully saturated rings. The van der Waals surface area contributed by atoms with E-state index in [0.717, 1.165) is 44.5 Å². The number of hydrogen-bond donors (Lipinski definition) is 0. The predicted octanol–water partition coefficient (Wildman–Crippen LogP) is 22.8. The van der Waals surface area contributed by atoms with Crippen LogP contribution in [0.4, 0.5) is 0 Å². The first-order valence-corrected chi connectivity index (χ1v) is 40.1. The summed E-state index contributed by atoms with van der Waals surface area (Å²) in [5, 5.41) is 0. The summed E-state index contributed by atoms with van der Waals surface area (Å²) in [6.07, 6.45) is -1.91. The van der Waals surface area contributed by atoms with E-state index in [2.05, 4.69) is 196 Å². The van der Waals surface area contributed by atoms with Gasteiger partial charge in [0.1, 0.15) is 49.4 Å². The maximum absolute atomic E-state index is 11.6. The molecule has 16 heteroatoms. The zero-order valence-electron chi connectivity index (χ0n) is 70.8. The van der Waals surface area contributed by atoms with Gasteiger partial charge in [-0.3, -0.25) is 0 Å². The van der Waals surface area contributed by atoms with Crippen LogP contribution < -0.4 is 18.9 Å². The van der Waals surface area contributed by atoms with E-state index >= 15 is 0 Å². The van der Waals surface area contributed by atoms with Crippen molar-refractivity contribution in [2.45, 2.75) is 71.4 Å². The lowest BCUT2D eigenvalue weighted by Gasteiger charge is -2.29. The Labute approximate surface area is 726 Å². The van der Waals surface area contributed by atoms with Gasteiger partial charge in [0.2, 0.25) is 0 Å². The van der Waals surface area contributed by atoms with Gasteiger partial charge < -0.3 is 56.8 Å². The Morgan fingerprint density at radius 3 is 0.512 bits per heavy atom. The van der Waals surface area contributed by atoms with Gasteiger partial charge in [-0.2, -0.15) is 0 Å². The normalized spacial score (nSPS) is 11.4. The highest BCUT2D eigenvalue weighted by atomic mass is 16.6. The zero-order chi connectivity index (χ0) is 87.1. The molecule has 0 heterocycles. The Hall–Kier alpha value is -13.5. The second-order valence-corrected chi connectivity index (χ2v) is 28.5. The fourth-order valence-corrected chi connectivity index (χ4v) is 12.3. The molecule has 12 aromatic rings. The van der Waals surface area contributed by atoms with Crippen LogP contribution in [0.2, 0.25) is 0 Å². The summed E-state index contributed by atoms with van der Waals surface area (Å²) < 4.78 is 64.2. The quantitative estimate of drug-likeness (QED) is 0.0204. The van der Waals surface area contributed by atoms with E-state index in [-0.39, 0.29) is 72.1 Å². The second kappa shape index (κ2) is 53.9. The van der Waals surface area contributed by atoms with Crippen LogP contribution in [0.1, 0.15) is 69.2 Å². The lowest BCUT2D eigenvalue weighted by molar-refractivity contribution is -0.149. The van der Waals surface area contributed by atoms with Crippen molar-refractivity contribution in [1.29, 1.82) is 0 Å². The van der Waals surface area contributed by atoms with E-state index in [4.69, 9.17) is 56.8 Å². The number of methoxy groups -OCH3 is 4. The highest BCUT2D eigenvalue weighted by Gasteiger charge is 2.28. The molecule has 0 bridgehead atoms. The number of carbonyl (C=O) groups is 4. The van der Waals surface area contributed by atoms with Crippen molar-refractivity contribution >= 4 is 23.9 Å². The van der Waals surface area contributed by atoms with Crippen LogP contribution in [0.3, 0.4) is 0 Å². The minimum Gasteiger partial charge on any atom is -0.490 e. The third kappa shape index (κ3) is 33.9. The standard InChI is InChI=1S/C26H22.4C20H22O4.CH4/c1-5-13-21(14-6-1)25(22-15-7-2-8-16-22)26(23-17-9-3-10-18-23)24-19-11-4-12-20-24;4*1-15(2)20(21)24-19(13-22-3)14-23-18-11-9-17(10-12-18)16-7-5-4-6-8-16;/h1-20,25-26H;4*4-12,19H,1,13-14H2,2-3H3;1H4. The molecule has 0 saturated heterocycles. The fourth-order valence-electron chi connectivity index (χ4n) is 12.3. The van der Waals surface area contributed by atoms with Gasteiger partial charge >= 0.3 is 23.9 Å². The Morgan fingerprint density at radius 2 is 0.366 bits per heavy atom. The third-order valence-corrected chi connectivity index (χ3v) is 18.5. The Morgan fingerprint density at radius 1 is 0.220 bits per heavy atom. The van der Waals surface area contributed by atoms with Gasteiger partial charge in [0, 0.05) is 62.6 Å². The largest absolute Gasteiger partial charge is 0.490 e. The van der Waals surface area contributed by atoms with Crippen LogP contribution in [0, 0.1) is 0 Å². The molecule has 4 unspecified atom stereocenters. The van der Waals surface area contributed by atoms with Crippen LogP contribution in [-0.4, -0.2) is 130 Å². The maximum Gasteiger partial charge on any atom is 0.333 e. The summed E-state index contributed by atoms with van der Waals surface area (Å²) in [4.78, 5) is 46.4. The highest BCUT2D eigenvalue weighted by Crippen LogP contribution is 2.43. The van der Waals surface area contributed by atoms with Gasteiger partial charge in [0.25, 0.3) is 0 Å². The summed E-state index contributed by atoms with van der Waals surface area (Å²) in [6, 6.07) is 115. The number of carbonyl (C=O) groups excluding carboxylic acids is 4. The molecule has 4 atom stereocenters. The molecule has 0 saturated carbocycles. The third-order valence-electron chi connectivity index (χ3n) is 18.5. The van der Waals surface area contributed by atoms with Crippen LogP contribution in [0.15, 0.2) is 388 Å². The van der Waals surface area contributed by atoms with E-state index in [9.17, 15) is 19.2 Å². The van der Waals surface area contributed by atoms with Crippen molar-refractivity contribution < 1.29 is 76.0 Å². The van der Waals surface area contributed by atoms with Gasteiger partial charge in [0.05, 0.1) is 26.4 Å². The van der Waals surface area contributed by atoms with Gasteiger partial charge in [-0.05, 0) is 143 Å². The Kier molecular flexibility index (Phi) is 42.4. The molecular weight excluding hydrogens is 1540 g/mol. The van der Waals surface area contributed by atoms with E-state index in [1.165, 1.54) is 22.3 Å². The fraction of sp³-hybridized carbons (Fsp3) is 0.215. The van der Waals surface area contributed by atoms with Gasteiger partial charge in [-0.1, -0.05) is 325 Å². The van der Waals surface area contributed by atoms with Crippen molar-refractivity contribution in [3.63, 3.8) is 0 Å². The molecule has 0 radical (unpaired) electrons. The molecule has 123 heavy (non-hydrogen) atoms. The smallest absolute Gasteiger partial charge is 0.333 e. The molecular formula is C107H114O16. The molecule has 0 spiro atoms. The highest BCUT2D eigenvalue weighted by molar-refractivity contribution is 5.88. The van der Waals surface area contributed by atoms with E-state index in [1.807, 2.05) is 170 Å². The van der Waals surface area contributed by atoms with Crippen LogP contribution >= 0.6 is 0 Å². The maximum atomic E-state index is 11.6. The van der Waals surface area contributed by atoms with Crippen LogP contribution in [-0.2, 0) is 57.1 Å². The topological polar surface area (TPSA) is 179 Å². The molecule has 638 valence electrons. The molecule has 0 amide bonds. The molecule has 12 aromatic carbocycles. The number of benzene rings is 12. The van der Waals surface area contributed by atoms with Crippen molar-refractivity contribution in [1.82, 2.24) is 0 Å². The van der Waals surface area contributed by atoms with Crippen molar-refractivity contribution in [2.24, 2.45) is 0 Å². The van der Waals surface area contributed by atoms with Gasteiger partial charge in [-0.15, -0.1) is 0 Å². The average Bonchev–Trinajstić information content (AvgIpc) is 0.786. The summed E-state index contributed by atoms with van der Waals surface area (Å²) in [6.45, 7) is 22.6. The number of hydrogen-bond acceptors (Lipinski definition) is 16. The number of esters is 4. The lowest BCUT2D eigenvalue weighted by Crippen LogP contribution is -2.29. The first-order chi connectivity index (χ1) is 59.3. The number of ether oxygens (including phenoxy) is 12. The minimum atomic E-state index is -0.479. The molecule has 0 aliphatic rings. The minimum absolute atomic E-state index is 0. The Bertz CT molecular complexity index is 4410. The van der Waals surface area contributed by atoms with Crippen molar-refractivity contribution in [3.8, 4) is 67.5 Å². The average molecular weight is 1660 g/mol. The van der Waals surface area contributed by atoms with Gasteiger partial charge in [0.15, 0.2) is 24.4 Å². The second-order valence-electron chi connectivity index (χ2n) is 28.5. The SMILES string of the molecule is C.C=C(C)C(=O)OC(COC)COc1ccc(-c2ccccc2)cc1.C=C(C)C(=O)OC(COC)COc1ccc(-c2ccccc2)cc1.C=C(C)C(=O)OC(COC)COc1ccc(-c2ccccc2)cc1.C=C(C)C(=O)OC(COC)COc1ccc(-c2ccccc2)cc1.c1ccc(C(c2ccccc2)C(c2ccccc2)c2ccccc2)cc1. The van der Waals surface area contributed by atoms with E-state index < -0.39 is 48.3 Å². The first-order valence-electron chi connectivity index (χ1n) is 40.1. The summed E-state index contributed by atoms with van der Waals surface area (Å²) in [5.41, 5.74) is 15.8. The molecule has 12 rings (SSSR count). The van der Waals surface area contributed by atoms with Crippen LogP contribution in [0.5, 0.6) is 23.0 Å². The van der Waals surface area contributed by atoms with Crippen LogP contribution in [0.25, 0.3) is 44.5 Å². The molecule has 16 nitrogen and oxygen atoms in total. The molecule has 0 aliphatic heterocycles. The Balaban J connectivity index is 0.000000211. The summed E-state index contributed by atoms with van der Waals surface area (Å²) >= 11 is 0. The summed E-state index contributed by atoms with van der Waals surface area (Å²) in [7, 11) is 6.21. The zero-order valence-corrected chi connectivity index (χ0v) is 70.8. The molecule has 0 aromatic heterocycles. The monoisotopic (exact) mass is 1650 g/mol. The van der Waals surface area contributed by atoms with E-state index in [0.29, 0.717) is 45.3 Å². The predicted molar refractivity (Wildman–Crippen MR) is 492 cm³/mol. The van der Waals surface area contributed by atoms with E-state index in [1.54, 1.807) is 56.1 Å². The van der Waals surface area contributed by atoms with Gasteiger partial charge in [-0.25, -0.2) is 19.2 Å².